The van der Waals surface area contributed by atoms with E-state index in [0.717, 1.165) is 30.3 Å². The summed E-state index contributed by atoms with van der Waals surface area (Å²) in [6.07, 6.45) is 11.7. The van der Waals surface area contributed by atoms with E-state index in [4.69, 9.17) is 22.8 Å². The van der Waals surface area contributed by atoms with Crippen LogP contribution in [0.3, 0.4) is 0 Å². The number of nitrogens with one attached hydrogen (secondary N) is 1. The highest BCUT2D eigenvalue weighted by molar-refractivity contribution is 7.68. The molecule has 1 aliphatic heterocycles. The molecule has 19 heteroatoms. The van der Waals surface area contributed by atoms with E-state index in [0.29, 0.717) is 18.4 Å². The number of H-pyrrole nitrogens is 1. The van der Waals surface area contributed by atoms with Crippen LogP contribution in [0.4, 0.5) is 0 Å². The lowest BCUT2D eigenvalue weighted by molar-refractivity contribution is -0.131. The molecule has 3 N–H and O–H groups in total. The third kappa shape index (κ3) is 15.0. The number of hydrogen-bond donors (Lipinski definition) is 3. The maximum Gasteiger partial charge on any atom is 0.488 e. The number of nitrogens with zero attached hydrogens (tertiary/aromatic N) is 1. The van der Waals surface area contributed by atoms with Crippen LogP contribution in [0.1, 0.15) is 95.4 Å². The van der Waals surface area contributed by atoms with Gasteiger partial charge in [0.1, 0.15) is 11.9 Å². The third-order valence-corrected chi connectivity index (χ3v) is 12.8. The Balaban J connectivity index is 1.57. The van der Waals surface area contributed by atoms with Gasteiger partial charge in [-0.05, 0) is 37.1 Å². The molecule has 1 aromatic carbocycles. The first kappa shape index (κ1) is 41.9. The summed E-state index contributed by atoms with van der Waals surface area (Å²) in [6.45, 7) is 3.94. The van der Waals surface area contributed by atoms with E-state index in [2.05, 4.69) is 16.2 Å². The Morgan fingerprint density at radius 3 is 2.12 bits per heavy atom. The minimum atomic E-state index is -5.52. The van der Waals surface area contributed by atoms with Gasteiger partial charge in [-0.3, -0.25) is 28.2 Å². The number of ether oxygens (including phenoxy) is 2. The molecule has 0 saturated carbocycles. The van der Waals surface area contributed by atoms with Crippen LogP contribution in [0.5, 0.6) is 5.75 Å². The van der Waals surface area contributed by atoms with Crippen molar-refractivity contribution < 1.29 is 55.4 Å². The van der Waals surface area contributed by atoms with Crippen molar-refractivity contribution in [2.24, 2.45) is 0 Å². The molecule has 0 bridgehead atoms. The van der Waals surface area contributed by atoms with Crippen LogP contribution in [0.2, 0.25) is 0 Å². The molecular formula is C31H47N2O14P3. The van der Waals surface area contributed by atoms with E-state index in [9.17, 15) is 37.9 Å². The maximum absolute atomic E-state index is 13.7. The molecule has 3 rings (SSSR count). The van der Waals surface area contributed by atoms with Crippen LogP contribution in [0.15, 0.2) is 52.2 Å². The second-order valence-corrected chi connectivity index (χ2v) is 17.2. The fourth-order valence-corrected chi connectivity index (χ4v) is 9.74. The molecule has 1 aromatic heterocycles. The highest BCUT2D eigenvalue weighted by Gasteiger charge is 2.42. The lowest BCUT2D eigenvalue weighted by Gasteiger charge is -2.23. The molecule has 3 unspecified atom stereocenters. The Morgan fingerprint density at radius 2 is 1.50 bits per heavy atom. The predicted octanol–water partition coefficient (Wildman–Crippen LogP) is 6.81. The van der Waals surface area contributed by atoms with Crippen molar-refractivity contribution in [1.82, 2.24) is 9.55 Å². The number of carbonyl (C=O) groups excluding carboxylic acids is 1. The molecule has 0 fully saturated rings. The van der Waals surface area contributed by atoms with Gasteiger partial charge in [0.15, 0.2) is 6.23 Å². The average Bonchev–Trinajstić information content (AvgIpc) is 3.50. The first-order chi connectivity index (χ1) is 23.6. The SMILES string of the molecule is CCCCCCCCCCCCP(=O)(OCc1ccc(OC(C)=O)cc1)OP(=O)(O)OP(=O)(O)OC[C@@H]1C=C[C@H](n2cc(C)c(=O)[nH]c2=O)O1. The Labute approximate surface area is 290 Å². The summed E-state index contributed by atoms with van der Waals surface area (Å²) in [5.41, 5.74) is -0.579. The van der Waals surface area contributed by atoms with E-state index in [-0.39, 0.29) is 24.1 Å². The first-order valence-electron chi connectivity index (χ1n) is 16.5. The molecule has 0 radical (unpaired) electrons. The number of esters is 1. The van der Waals surface area contributed by atoms with Crippen molar-refractivity contribution >= 4 is 29.2 Å². The fourth-order valence-electron chi connectivity index (χ4n) is 4.93. The van der Waals surface area contributed by atoms with Gasteiger partial charge in [0, 0.05) is 18.7 Å². The normalized spacial score (nSPS) is 19.5. The summed E-state index contributed by atoms with van der Waals surface area (Å²) < 4.78 is 70.7. The number of phosphoric ester groups is 1. The van der Waals surface area contributed by atoms with Gasteiger partial charge in [0.2, 0.25) is 0 Å². The smallest absolute Gasteiger partial charge is 0.427 e. The summed E-state index contributed by atoms with van der Waals surface area (Å²) in [4.78, 5) is 57.8. The standard InChI is InChI=1S/C31H47N2O14P3/c1-4-5-6-7-8-9-10-11-12-13-20-48(37,42-22-26-14-16-27(17-15-26)44-25(3)34)46-50(40,41)47-49(38,39)43-23-28-18-19-29(45-28)33-21-24(2)30(35)32-31(33)36/h14-19,21,28-29H,4-13,20,22-23H2,1-3H3,(H,38,39)(H,40,41)(H,32,35,36)/t28-,29+,48?/m0/s1. The van der Waals surface area contributed by atoms with Crippen LogP contribution in [-0.2, 0) is 47.5 Å². The Hall–Kier alpha value is -2.48. The second-order valence-electron chi connectivity index (χ2n) is 11.9. The number of aryl methyl sites for hydroxylation is 1. The molecule has 280 valence electrons. The van der Waals surface area contributed by atoms with Crippen molar-refractivity contribution in [3.8, 4) is 5.75 Å². The lowest BCUT2D eigenvalue weighted by atomic mass is 10.1. The van der Waals surface area contributed by atoms with E-state index in [1.54, 1.807) is 0 Å². The predicted molar refractivity (Wildman–Crippen MR) is 184 cm³/mol. The zero-order valence-electron chi connectivity index (χ0n) is 28.5. The number of rotatable bonds is 23. The van der Waals surface area contributed by atoms with Gasteiger partial charge in [-0.25, -0.2) is 18.2 Å². The van der Waals surface area contributed by atoms with Crippen LogP contribution in [-0.4, -0.2) is 44.2 Å². The van der Waals surface area contributed by atoms with Gasteiger partial charge in [0.05, 0.1) is 19.4 Å². The van der Waals surface area contributed by atoms with Gasteiger partial charge in [-0.15, -0.1) is 0 Å². The van der Waals surface area contributed by atoms with Crippen molar-refractivity contribution in [2.45, 2.75) is 104 Å². The number of unbranched alkanes of at least 4 members (excludes halogenated alkanes) is 9. The number of benzene rings is 1. The number of aromatic nitrogens is 2. The quantitative estimate of drug-likeness (QED) is 0.0348. The summed E-state index contributed by atoms with van der Waals surface area (Å²) in [7, 11) is -15.2. The van der Waals surface area contributed by atoms with Crippen molar-refractivity contribution in [3.63, 3.8) is 0 Å². The van der Waals surface area contributed by atoms with Gasteiger partial charge >= 0.3 is 34.9 Å². The molecule has 16 nitrogen and oxygen atoms in total. The van der Waals surface area contributed by atoms with Crippen LogP contribution < -0.4 is 16.0 Å². The molecule has 50 heavy (non-hydrogen) atoms. The monoisotopic (exact) mass is 764 g/mol. The third-order valence-electron chi connectivity index (χ3n) is 7.46. The molecular weight excluding hydrogens is 717 g/mol. The van der Waals surface area contributed by atoms with Crippen molar-refractivity contribution in [1.29, 1.82) is 0 Å². The number of aromatic amines is 1. The van der Waals surface area contributed by atoms with Gasteiger partial charge in [-0.2, -0.15) is 4.31 Å². The number of carbonyl (C=O) groups is 1. The molecule has 0 amide bonds. The van der Waals surface area contributed by atoms with Gasteiger partial charge in [-0.1, -0.05) is 82.9 Å². The fraction of sp³-hybridized carbons (Fsp3) is 0.581. The number of phosphoric acid groups is 2. The summed E-state index contributed by atoms with van der Waals surface area (Å²) in [5.74, 6) is -0.242. The van der Waals surface area contributed by atoms with E-state index in [1.165, 1.54) is 82.1 Å². The lowest BCUT2D eigenvalue weighted by Crippen LogP contribution is -2.33. The Kier molecular flexibility index (Phi) is 16.7. The molecule has 2 aromatic rings. The molecule has 2 heterocycles. The Morgan fingerprint density at radius 1 is 0.880 bits per heavy atom. The molecule has 0 spiro atoms. The minimum Gasteiger partial charge on any atom is -0.427 e. The zero-order chi connectivity index (χ0) is 36.8. The second kappa shape index (κ2) is 19.9. The van der Waals surface area contributed by atoms with Crippen LogP contribution >= 0.6 is 23.2 Å². The highest BCUT2D eigenvalue weighted by Crippen LogP contribution is 2.69. The highest BCUT2D eigenvalue weighted by atomic mass is 31.3. The van der Waals surface area contributed by atoms with Crippen LogP contribution in [0, 0.1) is 6.92 Å². The average molecular weight is 765 g/mol. The summed E-state index contributed by atoms with van der Waals surface area (Å²) in [6, 6.07) is 6.04. The van der Waals surface area contributed by atoms with E-state index in [1.807, 2.05) is 0 Å². The van der Waals surface area contributed by atoms with E-state index >= 15 is 0 Å². The number of hydrogen-bond acceptors (Lipinski definition) is 12. The maximum atomic E-state index is 13.7. The summed E-state index contributed by atoms with van der Waals surface area (Å²) >= 11 is 0. The van der Waals surface area contributed by atoms with E-state index < -0.39 is 59.4 Å². The topological polar surface area (TPSA) is 219 Å². The zero-order valence-corrected chi connectivity index (χ0v) is 31.2. The first-order valence-corrected chi connectivity index (χ1v) is 21.2. The minimum absolute atomic E-state index is 0.250. The summed E-state index contributed by atoms with van der Waals surface area (Å²) in [5, 5.41) is 0. The largest absolute Gasteiger partial charge is 0.488 e. The molecule has 0 aliphatic carbocycles. The molecule has 5 atom stereocenters. The van der Waals surface area contributed by atoms with Crippen molar-refractivity contribution in [2.75, 3.05) is 12.8 Å². The molecule has 0 saturated heterocycles. The Bertz CT molecular complexity index is 1690. The molecule has 1 aliphatic rings. The van der Waals surface area contributed by atoms with Crippen LogP contribution in [0.25, 0.3) is 0 Å². The van der Waals surface area contributed by atoms with Gasteiger partial charge < -0.3 is 23.8 Å². The van der Waals surface area contributed by atoms with Crippen molar-refractivity contribution in [3.05, 3.63) is 74.6 Å². The van der Waals surface area contributed by atoms with Gasteiger partial charge in [0.25, 0.3) is 5.56 Å².